The Morgan fingerprint density at radius 2 is 1.86 bits per heavy atom. The van der Waals surface area contributed by atoms with Gasteiger partial charge in [0.25, 0.3) is 0 Å². The molecule has 3 heteroatoms. The molecule has 21 heavy (non-hydrogen) atoms. The number of rotatable bonds is 7. The average molecular weight is 288 g/mol. The van der Waals surface area contributed by atoms with Gasteiger partial charge in [-0.15, -0.1) is 0 Å². The molecule has 1 aromatic carbocycles. The Morgan fingerprint density at radius 3 is 2.33 bits per heavy atom. The molecule has 1 amide bonds. The monoisotopic (exact) mass is 288 g/mol. The first-order chi connectivity index (χ1) is 9.97. The van der Waals surface area contributed by atoms with Crippen molar-refractivity contribution in [2.75, 3.05) is 0 Å². The lowest BCUT2D eigenvalue weighted by molar-refractivity contribution is -0.132. The maximum Gasteiger partial charge on any atom is 0.223 e. The topological polar surface area (TPSA) is 46.3 Å². The summed E-state index contributed by atoms with van der Waals surface area (Å²) < 4.78 is 0. The number of carbonyl (C=O) groups is 1. The van der Waals surface area contributed by atoms with Gasteiger partial charge in [0.15, 0.2) is 0 Å². The van der Waals surface area contributed by atoms with Crippen LogP contribution in [0, 0.1) is 0 Å². The highest BCUT2D eigenvalue weighted by atomic mass is 16.2. The lowest BCUT2D eigenvalue weighted by atomic mass is 10.0. The molecule has 1 aliphatic carbocycles. The van der Waals surface area contributed by atoms with Crippen molar-refractivity contribution in [3.8, 4) is 0 Å². The van der Waals surface area contributed by atoms with Crippen LogP contribution in [-0.2, 0) is 11.3 Å². The summed E-state index contributed by atoms with van der Waals surface area (Å²) in [6, 6.07) is 9.22. The molecule has 0 bridgehead atoms. The van der Waals surface area contributed by atoms with Crippen molar-refractivity contribution in [1.29, 1.82) is 0 Å². The zero-order valence-corrected chi connectivity index (χ0v) is 13.5. The summed E-state index contributed by atoms with van der Waals surface area (Å²) in [6.45, 7) is 7.09. The quantitative estimate of drug-likeness (QED) is 0.835. The first-order valence-corrected chi connectivity index (χ1v) is 8.11. The van der Waals surface area contributed by atoms with Crippen molar-refractivity contribution in [3.63, 3.8) is 0 Å². The number of carbonyl (C=O) groups excluding carboxylic acids is 1. The first-order valence-electron chi connectivity index (χ1n) is 8.11. The van der Waals surface area contributed by atoms with Gasteiger partial charge in [0, 0.05) is 25.0 Å². The van der Waals surface area contributed by atoms with Crippen LogP contribution in [0.2, 0.25) is 0 Å². The Labute approximate surface area is 128 Å². The predicted molar refractivity (Wildman–Crippen MR) is 87.0 cm³/mol. The van der Waals surface area contributed by atoms with E-state index in [0.717, 1.165) is 25.8 Å². The van der Waals surface area contributed by atoms with E-state index in [2.05, 4.69) is 38.1 Å². The Morgan fingerprint density at radius 1 is 1.24 bits per heavy atom. The van der Waals surface area contributed by atoms with Crippen LogP contribution >= 0.6 is 0 Å². The van der Waals surface area contributed by atoms with Gasteiger partial charge in [-0.1, -0.05) is 38.1 Å². The molecule has 1 saturated carbocycles. The number of nitrogens with zero attached hydrogens (tertiary/aromatic N) is 1. The van der Waals surface area contributed by atoms with Crippen LogP contribution in [0.4, 0.5) is 0 Å². The van der Waals surface area contributed by atoms with E-state index in [-0.39, 0.29) is 11.9 Å². The smallest absolute Gasteiger partial charge is 0.223 e. The molecule has 3 nitrogen and oxygen atoms in total. The number of hydrogen-bond donors (Lipinski definition) is 1. The normalized spacial score (nSPS) is 16.0. The molecule has 0 aliphatic heterocycles. The number of hydrogen-bond acceptors (Lipinski definition) is 2. The predicted octanol–water partition coefficient (Wildman–Crippen LogP) is 3.43. The fourth-order valence-electron chi connectivity index (χ4n) is 2.51. The fraction of sp³-hybridized carbons (Fsp3) is 0.611. The van der Waals surface area contributed by atoms with Gasteiger partial charge < -0.3 is 10.6 Å². The molecule has 0 radical (unpaired) electrons. The second-order valence-corrected chi connectivity index (χ2v) is 6.67. The molecule has 116 valence electrons. The van der Waals surface area contributed by atoms with Gasteiger partial charge in [-0.05, 0) is 43.2 Å². The average Bonchev–Trinajstić information content (AvgIpc) is 3.27. The fourth-order valence-corrected chi connectivity index (χ4v) is 2.51. The molecule has 2 rings (SSSR count). The summed E-state index contributed by atoms with van der Waals surface area (Å²) in [5.41, 5.74) is 8.33. The maximum absolute atomic E-state index is 12.4. The van der Waals surface area contributed by atoms with Crippen molar-refractivity contribution in [2.24, 2.45) is 5.73 Å². The van der Waals surface area contributed by atoms with Crippen LogP contribution in [0.1, 0.15) is 63.5 Å². The van der Waals surface area contributed by atoms with E-state index >= 15 is 0 Å². The van der Waals surface area contributed by atoms with Crippen LogP contribution in [0.5, 0.6) is 0 Å². The molecule has 0 saturated heterocycles. The highest BCUT2D eigenvalue weighted by Gasteiger charge is 2.32. The highest BCUT2D eigenvalue weighted by Crippen LogP contribution is 2.29. The third-order valence-electron chi connectivity index (χ3n) is 4.12. The summed E-state index contributed by atoms with van der Waals surface area (Å²) >= 11 is 0. The van der Waals surface area contributed by atoms with Crippen molar-refractivity contribution in [3.05, 3.63) is 35.4 Å². The molecule has 1 fully saturated rings. The van der Waals surface area contributed by atoms with Gasteiger partial charge in [0.2, 0.25) is 5.91 Å². The summed E-state index contributed by atoms with van der Waals surface area (Å²) in [5.74, 6) is 0.800. The highest BCUT2D eigenvalue weighted by molar-refractivity contribution is 5.77. The second-order valence-electron chi connectivity index (χ2n) is 6.67. The Kier molecular flexibility index (Phi) is 5.40. The number of nitrogens with two attached hydrogens (primary N) is 1. The molecular weight excluding hydrogens is 260 g/mol. The zero-order valence-electron chi connectivity index (χ0n) is 13.5. The molecule has 0 spiro atoms. The lowest BCUT2D eigenvalue weighted by Gasteiger charge is -2.23. The van der Waals surface area contributed by atoms with Gasteiger partial charge in [-0.2, -0.15) is 0 Å². The Balaban J connectivity index is 1.97. The summed E-state index contributed by atoms with van der Waals surface area (Å²) in [6.07, 6.45) is 3.63. The van der Waals surface area contributed by atoms with Gasteiger partial charge >= 0.3 is 0 Å². The molecular formula is C18H28N2O. The molecule has 1 atom stereocenters. The van der Waals surface area contributed by atoms with Crippen molar-refractivity contribution >= 4 is 5.91 Å². The SMILES string of the molecule is CC(N)CCC(=O)N(Cc1ccc(C(C)C)cc1)C1CC1. The van der Waals surface area contributed by atoms with Crippen LogP contribution in [-0.4, -0.2) is 22.9 Å². The molecule has 2 N–H and O–H groups in total. The standard InChI is InChI=1S/C18H28N2O/c1-13(2)16-7-5-15(6-8-16)12-20(17-9-10-17)18(21)11-4-14(3)19/h5-8,13-14,17H,4,9-12,19H2,1-3H3. The van der Waals surface area contributed by atoms with Crippen LogP contribution in [0.15, 0.2) is 24.3 Å². The zero-order chi connectivity index (χ0) is 15.4. The van der Waals surface area contributed by atoms with Crippen LogP contribution in [0.25, 0.3) is 0 Å². The molecule has 0 aromatic heterocycles. The Bertz CT molecular complexity index is 461. The van der Waals surface area contributed by atoms with Gasteiger partial charge in [0.1, 0.15) is 0 Å². The van der Waals surface area contributed by atoms with E-state index in [1.54, 1.807) is 0 Å². The van der Waals surface area contributed by atoms with E-state index in [0.29, 0.717) is 18.4 Å². The van der Waals surface area contributed by atoms with Crippen molar-refractivity contribution < 1.29 is 4.79 Å². The van der Waals surface area contributed by atoms with Crippen LogP contribution < -0.4 is 5.73 Å². The molecule has 0 heterocycles. The summed E-state index contributed by atoms with van der Waals surface area (Å²) in [5, 5.41) is 0. The third kappa shape index (κ3) is 4.85. The first kappa shape index (κ1) is 16.0. The van der Waals surface area contributed by atoms with Gasteiger partial charge in [-0.3, -0.25) is 4.79 Å². The van der Waals surface area contributed by atoms with E-state index in [1.807, 2.05) is 11.8 Å². The van der Waals surface area contributed by atoms with Crippen LogP contribution in [0.3, 0.4) is 0 Å². The molecule has 1 unspecified atom stereocenters. The molecule has 1 aromatic rings. The molecule has 1 aliphatic rings. The second kappa shape index (κ2) is 7.08. The van der Waals surface area contributed by atoms with E-state index in [1.165, 1.54) is 11.1 Å². The van der Waals surface area contributed by atoms with Crippen molar-refractivity contribution in [2.45, 2.75) is 71.0 Å². The minimum atomic E-state index is 0.0975. The van der Waals surface area contributed by atoms with E-state index < -0.39 is 0 Å². The number of amides is 1. The third-order valence-corrected chi connectivity index (χ3v) is 4.12. The van der Waals surface area contributed by atoms with Gasteiger partial charge in [-0.25, -0.2) is 0 Å². The minimum absolute atomic E-state index is 0.0975. The summed E-state index contributed by atoms with van der Waals surface area (Å²) in [7, 11) is 0. The van der Waals surface area contributed by atoms with E-state index in [4.69, 9.17) is 5.73 Å². The number of benzene rings is 1. The Hall–Kier alpha value is -1.35. The van der Waals surface area contributed by atoms with E-state index in [9.17, 15) is 4.79 Å². The van der Waals surface area contributed by atoms with Gasteiger partial charge in [0.05, 0.1) is 0 Å². The minimum Gasteiger partial charge on any atom is -0.335 e. The maximum atomic E-state index is 12.4. The lowest BCUT2D eigenvalue weighted by Crippen LogP contribution is -2.33. The summed E-state index contributed by atoms with van der Waals surface area (Å²) in [4.78, 5) is 14.4. The largest absolute Gasteiger partial charge is 0.335 e. The van der Waals surface area contributed by atoms with Crippen molar-refractivity contribution in [1.82, 2.24) is 4.90 Å².